The van der Waals surface area contributed by atoms with Gasteiger partial charge in [-0.25, -0.2) is 9.97 Å². The molecule has 2 saturated heterocycles. The molecular weight excluding hydrogens is 182 g/mol. The maximum atomic E-state index is 5.48. The van der Waals surface area contributed by atoms with Gasteiger partial charge >= 0.3 is 0 Å². The fourth-order valence-corrected chi connectivity index (χ4v) is 1.93. The highest BCUT2D eigenvalue weighted by molar-refractivity contribution is 5.39. The number of anilines is 2. The van der Waals surface area contributed by atoms with E-state index in [-0.39, 0.29) is 5.95 Å². The number of rotatable bonds is 1. The van der Waals surface area contributed by atoms with E-state index in [2.05, 4.69) is 19.9 Å². The molecule has 1 aromatic rings. The summed E-state index contributed by atoms with van der Waals surface area (Å²) in [6.07, 6.45) is 1.44. The fraction of sp³-hybridized carbons (Fsp3) is 0.625. The van der Waals surface area contributed by atoms with Gasteiger partial charge in [0.2, 0.25) is 11.9 Å². The quantitative estimate of drug-likeness (QED) is 0.635. The van der Waals surface area contributed by atoms with Gasteiger partial charge in [-0.2, -0.15) is 4.98 Å². The van der Waals surface area contributed by atoms with Gasteiger partial charge in [-0.05, 0) is 0 Å². The van der Waals surface area contributed by atoms with Gasteiger partial charge in [-0.3, -0.25) is 0 Å². The van der Waals surface area contributed by atoms with E-state index in [0.29, 0.717) is 11.4 Å². The van der Waals surface area contributed by atoms with E-state index in [1.165, 1.54) is 6.33 Å². The topological polar surface area (TPSA) is 77.2 Å². The van der Waals surface area contributed by atoms with E-state index in [1.807, 2.05) is 0 Å². The Morgan fingerprint density at radius 3 is 2.71 bits per heavy atom. The van der Waals surface area contributed by atoms with Gasteiger partial charge in [0.05, 0.1) is 18.6 Å². The Kier molecular flexibility index (Phi) is 1.44. The Bertz CT molecular complexity index is 357. The third-order valence-corrected chi connectivity index (χ3v) is 2.73. The van der Waals surface area contributed by atoms with E-state index in [9.17, 15) is 0 Å². The summed E-state index contributed by atoms with van der Waals surface area (Å²) in [7, 11) is 0. The second-order valence-corrected chi connectivity index (χ2v) is 3.99. The van der Waals surface area contributed by atoms with Crippen LogP contribution in [0.5, 0.6) is 0 Å². The summed E-state index contributed by atoms with van der Waals surface area (Å²) in [4.78, 5) is 14.0. The molecule has 2 aliphatic heterocycles. The smallest absolute Gasteiger partial charge is 0.230 e. The lowest BCUT2D eigenvalue weighted by molar-refractivity contribution is -0.127. The second kappa shape index (κ2) is 2.54. The van der Waals surface area contributed by atoms with Crippen LogP contribution in [0.25, 0.3) is 0 Å². The molecule has 0 atom stereocenters. The molecule has 6 nitrogen and oxygen atoms in total. The van der Waals surface area contributed by atoms with Crippen molar-refractivity contribution >= 4 is 11.9 Å². The van der Waals surface area contributed by atoms with Gasteiger partial charge in [0, 0.05) is 13.1 Å². The lowest BCUT2D eigenvalue weighted by Gasteiger charge is -2.54. The predicted octanol–water partition coefficient (Wildman–Crippen LogP) is -0.710. The average molecular weight is 193 g/mol. The predicted molar refractivity (Wildman–Crippen MR) is 49.7 cm³/mol. The Balaban J connectivity index is 1.73. The first-order valence-electron chi connectivity index (χ1n) is 4.55. The Hall–Kier alpha value is -1.43. The van der Waals surface area contributed by atoms with Gasteiger partial charge in [-0.15, -0.1) is 0 Å². The first-order valence-corrected chi connectivity index (χ1v) is 4.55. The SMILES string of the molecule is Nc1ncnc(N2CC3(COC3)C2)n1. The highest BCUT2D eigenvalue weighted by Crippen LogP contribution is 2.38. The maximum Gasteiger partial charge on any atom is 0.230 e. The van der Waals surface area contributed by atoms with Crippen molar-refractivity contribution in [2.75, 3.05) is 36.9 Å². The van der Waals surface area contributed by atoms with Crippen LogP contribution >= 0.6 is 0 Å². The normalized spacial score (nSPS) is 23.0. The van der Waals surface area contributed by atoms with Crippen molar-refractivity contribution in [2.45, 2.75) is 0 Å². The van der Waals surface area contributed by atoms with Crippen LogP contribution < -0.4 is 10.6 Å². The molecular formula is C8H11N5O. The molecule has 0 radical (unpaired) electrons. The van der Waals surface area contributed by atoms with E-state index >= 15 is 0 Å². The lowest BCUT2D eigenvalue weighted by Crippen LogP contribution is -2.66. The molecule has 3 rings (SSSR count). The van der Waals surface area contributed by atoms with Crippen molar-refractivity contribution in [2.24, 2.45) is 5.41 Å². The van der Waals surface area contributed by atoms with E-state index < -0.39 is 0 Å². The van der Waals surface area contributed by atoms with Crippen molar-refractivity contribution in [3.05, 3.63) is 6.33 Å². The molecule has 6 heteroatoms. The summed E-state index contributed by atoms with van der Waals surface area (Å²) in [5, 5.41) is 0. The molecule has 1 spiro atoms. The van der Waals surface area contributed by atoms with Crippen molar-refractivity contribution in [1.29, 1.82) is 0 Å². The number of hydrogen-bond acceptors (Lipinski definition) is 6. The van der Waals surface area contributed by atoms with E-state index in [0.717, 1.165) is 26.3 Å². The van der Waals surface area contributed by atoms with Crippen LogP contribution in [0.1, 0.15) is 0 Å². The lowest BCUT2D eigenvalue weighted by atomic mass is 9.78. The van der Waals surface area contributed by atoms with Crippen molar-refractivity contribution in [3.8, 4) is 0 Å². The number of ether oxygens (including phenoxy) is 1. The molecule has 2 aliphatic rings. The molecule has 2 N–H and O–H groups in total. The zero-order valence-corrected chi connectivity index (χ0v) is 7.68. The molecule has 0 saturated carbocycles. The largest absolute Gasteiger partial charge is 0.380 e. The number of nitrogen functional groups attached to an aromatic ring is 1. The zero-order valence-electron chi connectivity index (χ0n) is 7.68. The molecule has 0 bridgehead atoms. The number of nitrogens with zero attached hydrogens (tertiary/aromatic N) is 4. The Labute approximate surface area is 81.1 Å². The summed E-state index contributed by atoms with van der Waals surface area (Å²) >= 11 is 0. The van der Waals surface area contributed by atoms with Crippen LogP contribution in [-0.4, -0.2) is 41.3 Å². The van der Waals surface area contributed by atoms with Crippen LogP contribution in [0.15, 0.2) is 6.33 Å². The van der Waals surface area contributed by atoms with Crippen LogP contribution in [0.4, 0.5) is 11.9 Å². The minimum absolute atomic E-state index is 0.279. The van der Waals surface area contributed by atoms with Gasteiger partial charge < -0.3 is 15.4 Å². The first-order chi connectivity index (χ1) is 6.77. The summed E-state index contributed by atoms with van der Waals surface area (Å²) in [5.41, 5.74) is 5.85. The van der Waals surface area contributed by atoms with Crippen LogP contribution in [0, 0.1) is 5.41 Å². The second-order valence-electron chi connectivity index (χ2n) is 3.99. The van der Waals surface area contributed by atoms with Gasteiger partial charge in [0.1, 0.15) is 6.33 Å². The minimum Gasteiger partial charge on any atom is -0.380 e. The van der Waals surface area contributed by atoms with Gasteiger partial charge in [-0.1, -0.05) is 0 Å². The maximum absolute atomic E-state index is 5.48. The van der Waals surface area contributed by atoms with Crippen molar-refractivity contribution in [1.82, 2.24) is 15.0 Å². The number of nitrogens with two attached hydrogens (primary N) is 1. The molecule has 0 aromatic carbocycles. The standard InChI is InChI=1S/C8H11N5O/c9-6-10-5-11-7(12-6)13-1-8(2-13)3-14-4-8/h5H,1-4H2,(H2,9,10,11,12). The summed E-state index contributed by atoms with van der Waals surface area (Å²) in [6.45, 7) is 3.67. The summed E-state index contributed by atoms with van der Waals surface area (Å²) < 4.78 is 5.18. The zero-order chi connectivity index (χ0) is 9.60. The average Bonchev–Trinajstić information content (AvgIpc) is 1.98. The third kappa shape index (κ3) is 1.04. The molecule has 14 heavy (non-hydrogen) atoms. The molecule has 74 valence electrons. The first kappa shape index (κ1) is 7.93. The van der Waals surface area contributed by atoms with E-state index in [1.54, 1.807) is 0 Å². The molecule has 1 aromatic heterocycles. The third-order valence-electron chi connectivity index (χ3n) is 2.73. The van der Waals surface area contributed by atoms with Gasteiger partial charge in [0.25, 0.3) is 0 Å². The Morgan fingerprint density at radius 2 is 2.14 bits per heavy atom. The highest BCUT2D eigenvalue weighted by Gasteiger charge is 2.49. The van der Waals surface area contributed by atoms with Gasteiger partial charge in [0.15, 0.2) is 0 Å². The molecule has 0 unspecified atom stereocenters. The van der Waals surface area contributed by atoms with Crippen LogP contribution in [-0.2, 0) is 4.74 Å². The minimum atomic E-state index is 0.279. The Morgan fingerprint density at radius 1 is 1.36 bits per heavy atom. The molecule has 0 amide bonds. The highest BCUT2D eigenvalue weighted by atomic mass is 16.5. The molecule has 3 heterocycles. The monoisotopic (exact) mass is 193 g/mol. The van der Waals surface area contributed by atoms with Crippen LogP contribution in [0.2, 0.25) is 0 Å². The molecule has 2 fully saturated rings. The number of aromatic nitrogens is 3. The summed E-state index contributed by atoms with van der Waals surface area (Å²) in [5.74, 6) is 0.954. The summed E-state index contributed by atoms with van der Waals surface area (Å²) in [6, 6.07) is 0. The van der Waals surface area contributed by atoms with Crippen LogP contribution in [0.3, 0.4) is 0 Å². The number of hydrogen-bond donors (Lipinski definition) is 1. The van der Waals surface area contributed by atoms with Crippen molar-refractivity contribution in [3.63, 3.8) is 0 Å². The molecule has 0 aliphatic carbocycles. The van der Waals surface area contributed by atoms with Crippen molar-refractivity contribution < 1.29 is 4.74 Å². The van der Waals surface area contributed by atoms with E-state index in [4.69, 9.17) is 10.5 Å². The fourth-order valence-electron chi connectivity index (χ4n) is 1.93.